The summed E-state index contributed by atoms with van der Waals surface area (Å²) in [5.41, 5.74) is 9.86. The summed E-state index contributed by atoms with van der Waals surface area (Å²) in [5, 5.41) is 0. The van der Waals surface area contributed by atoms with Gasteiger partial charge in [-0.05, 0) is 57.2 Å². The number of fused-ring (bicyclic) bond motifs is 2. The highest BCUT2D eigenvalue weighted by Gasteiger charge is 2.16. The van der Waals surface area contributed by atoms with E-state index in [1.807, 2.05) is 62.4 Å². The van der Waals surface area contributed by atoms with Crippen LogP contribution < -0.4 is 4.90 Å². The second-order valence-electron chi connectivity index (χ2n) is 8.18. The van der Waals surface area contributed by atoms with Crippen LogP contribution in [0.2, 0.25) is 0 Å². The molecule has 2 aromatic heterocycles. The molecule has 5 nitrogen and oxygen atoms in total. The van der Waals surface area contributed by atoms with Crippen LogP contribution in [0.25, 0.3) is 22.1 Å². The number of nitrogens with zero attached hydrogens (tertiary/aromatic N) is 5. The van der Waals surface area contributed by atoms with Crippen molar-refractivity contribution in [1.82, 2.24) is 19.9 Å². The summed E-state index contributed by atoms with van der Waals surface area (Å²) < 4.78 is 0. The zero-order chi connectivity index (χ0) is 22.1. The standard InChI is InChI=1S/C27H25N5/c1-18-12-14-21(15-13-18)32(16-26-19(2)28-22-8-4-6-10-24(22)30-26)17-27-20(3)29-23-9-5-7-11-25(23)31-27/h4-15H,16-17H2,1-3H3. The number of hydrogen-bond donors (Lipinski definition) is 0. The Labute approximate surface area is 187 Å². The van der Waals surface area contributed by atoms with Gasteiger partial charge in [0.15, 0.2) is 0 Å². The van der Waals surface area contributed by atoms with Gasteiger partial charge in [0, 0.05) is 5.69 Å². The van der Waals surface area contributed by atoms with E-state index in [0.29, 0.717) is 13.1 Å². The molecule has 0 unspecified atom stereocenters. The average Bonchev–Trinajstić information content (AvgIpc) is 2.80. The molecule has 0 saturated carbocycles. The lowest BCUT2D eigenvalue weighted by molar-refractivity contribution is 0.753. The maximum atomic E-state index is 4.93. The fourth-order valence-corrected chi connectivity index (χ4v) is 3.90. The van der Waals surface area contributed by atoms with Crippen LogP contribution in [0.1, 0.15) is 28.3 Å². The molecule has 0 saturated heterocycles. The Morgan fingerprint density at radius 3 is 1.38 bits per heavy atom. The molecule has 158 valence electrons. The first-order chi connectivity index (χ1) is 15.6. The predicted octanol–water partition coefficient (Wildman–Crippen LogP) is 5.71. The van der Waals surface area contributed by atoms with Crippen LogP contribution in [0.15, 0.2) is 72.8 Å². The minimum absolute atomic E-state index is 0.640. The van der Waals surface area contributed by atoms with Crippen LogP contribution in [0, 0.1) is 20.8 Å². The van der Waals surface area contributed by atoms with Crippen molar-refractivity contribution in [3.63, 3.8) is 0 Å². The molecular formula is C27H25N5. The van der Waals surface area contributed by atoms with Crippen LogP contribution in [-0.2, 0) is 13.1 Å². The van der Waals surface area contributed by atoms with E-state index in [4.69, 9.17) is 19.9 Å². The van der Waals surface area contributed by atoms with Crippen LogP contribution in [0.5, 0.6) is 0 Å². The molecule has 0 amide bonds. The SMILES string of the molecule is Cc1ccc(N(Cc2nc3ccccc3nc2C)Cc2nc3ccccc3nc2C)cc1. The summed E-state index contributed by atoms with van der Waals surface area (Å²) in [6.07, 6.45) is 0. The minimum atomic E-state index is 0.640. The number of anilines is 1. The third-order valence-corrected chi connectivity index (χ3v) is 5.77. The normalized spacial score (nSPS) is 11.2. The number of hydrogen-bond acceptors (Lipinski definition) is 5. The second-order valence-corrected chi connectivity index (χ2v) is 8.18. The summed E-state index contributed by atoms with van der Waals surface area (Å²) in [4.78, 5) is 21.7. The molecule has 0 N–H and O–H groups in total. The molecule has 2 heterocycles. The highest BCUT2D eigenvalue weighted by molar-refractivity contribution is 5.75. The Hall–Kier alpha value is -3.86. The van der Waals surface area contributed by atoms with Crippen molar-refractivity contribution in [2.75, 3.05) is 4.90 Å². The molecule has 0 spiro atoms. The van der Waals surface area contributed by atoms with Crippen molar-refractivity contribution in [3.05, 3.63) is 101 Å². The highest BCUT2D eigenvalue weighted by Crippen LogP contribution is 2.23. The summed E-state index contributed by atoms with van der Waals surface area (Å²) in [6, 6.07) is 24.6. The number of aromatic nitrogens is 4. The molecule has 3 aromatic carbocycles. The third-order valence-electron chi connectivity index (χ3n) is 5.77. The molecule has 0 aliphatic heterocycles. The van der Waals surface area contributed by atoms with Crippen LogP contribution in [-0.4, -0.2) is 19.9 Å². The quantitative estimate of drug-likeness (QED) is 0.365. The Balaban J connectivity index is 1.55. The Morgan fingerprint density at radius 1 is 0.531 bits per heavy atom. The number of benzene rings is 3. The van der Waals surface area contributed by atoms with Gasteiger partial charge in [0.05, 0.1) is 57.9 Å². The van der Waals surface area contributed by atoms with Crippen molar-refractivity contribution in [3.8, 4) is 0 Å². The van der Waals surface area contributed by atoms with E-state index in [1.54, 1.807) is 0 Å². The largest absolute Gasteiger partial charge is 0.360 e. The summed E-state index contributed by atoms with van der Waals surface area (Å²) >= 11 is 0. The van der Waals surface area contributed by atoms with Crippen LogP contribution in [0.4, 0.5) is 5.69 Å². The Morgan fingerprint density at radius 2 is 0.938 bits per heavy atom. The van der Waals surface area contributed by atoms with Crippen molar-refractivity contribution < 1.29 is 0 Å². The van der Waals surface area contributed by atoms with Gasteiger partial charge in [0.2, 0.25) is 0 Å². The van der Waals surface area contributed by atoms with Crippen molar-refractivity contribution >= 4 is 27.8 Å². The van der Waals surface area contributed by atoms with Crippen LogP contribution >= 0.6 is 0 Å². The van der Waals surface area contributed by atoms with Gasteiger partial charge in [-0.1, -0.05) is 42.0 Å². The zero-order valence-electron chi connectivity index (χ0n) is 18.6. The summed E-state index contributed by atoms with van der Waals surface area (Å²) in [5.74, 6) is 0. The second kappa shape index (κ2) is 8.35. The zero-order valence-corrected chi connectivity index (χ0v) is 18.6. The van der Waals surface area contributed by atoms with E-state index in [0.717, 1.165) is 50.5 Å². The van der Waals surface area contributed by atoms with Gasteiger partial charge in [0.25, 0.3) is 0 Å². The molecule has 5 rings (SSSR count). The van der Waals surface area contributed by atoms with Crippen molar-refractivity contribution in [2.24, 2.45) is 0 Å². The Kier molecular flexibility index (Phi) is 5.23. The molecule has 0 aliphatic carbocycles. The van der Waals surface area contributed by atoms with Gasteiger partial charge in [-0.25, -0.2) is 19.9 Å². The first kappa shape index (κ1) is 20.1. The molecule has 0 radical (unpaired) electrons. The van der Waals surface area contributed by atoms with Crippen molar-refractivity contribution in [1.29, 1.82) is 0 Å². The maximum absolute atomic E-state index is 4.93. The van der Waals surface area contributed by atoms with Gasteiger partial charge in [-0.2, -0.15) is 0 Å². The van der Waals surface area contributed by atoms with Crippen molar-refractivity contribution in [2.45, 2.75) is 33.9 Å². The topological polar surface area (TPSA) is 54.8 Å². The molecule has 0 bridgehead atoms. The maximum Gasteiger partial charge on any atom is 0.0891 e. The Bertz CT molecular complexity index is 1320. The lowest BCUT2D eigenvalue weighted by atomic mass is 10.1. The summed E-state index contributed by atoms with van der Waals surface area (Å²) in [6.45, 7) is 7.44. The van der Waals surface area contributed by atoms with E-state index < -0.39 is 0 Å². The summed E-state index contributed by atoms with van der Waals surface area (Å²) in [7, 11) is 0. The molecule has 0 atom stereocenters. The van der Waals surface area contributed by atoms with E-state index in [9.17, 15) is 0 Å². The lowest BCUT2D eigenvalue weighted by Gasteiger charge is -2.26. The molecule has 5 heteroatoms. The van der Waals surface area contributed by atoms with Crippen LogP contribution in [0.3, 0.4) is 0 Å². The minimum Gasteiger partial charge on any atom is -0.360 e. The number of para-hydroxylation sites is 4. The fraction of sp³-hybridized carbons (Fsp3) is 0.185. The smallest absolute Gasteiger partial charge is 0.0891 e. The first-order valence-corrected chi connectivity index (χ1v) is 10.8. The molecule has 0 fully saturated rings. The molecule has 5 aromatic rings. The van der Waals surface area contributed by atoms with Gasteiger partial charge in [0.1, 0.15) is 0 Å². The number of rotatable bonds is 5. The predicted molar refractivity (Wildman–Crippen MR) is 130 cm³/mol. The molecule has 0 aliphatic rings. The average molecular weight is 420 g/mol. The fourth-order valence-electron chi connectivity index (χ4n) is 3.90. The van der Waals surface area contributed by atoms with Gasteiger partial charge in [-0.3, -0.25) is 0 Å². The highest BCUT2D eigenvalue weighted by atomic mass is 15.1. The monoisotopic (exact) mass is 419 g/mol. The molecular weight excluding hydrogens is 394 g/mol. The number of aryl methyl sites for hydroxylation is 3. The lowest BCUT2D eigenvalue weighted by Crippen LogP contribution is -2.25. The van der Waals surface area contributed by atoms with Gasteiger partial charge < -0.3 is 4.90 Å². The third kappa shape index (κ3) is 4.02. The van der Waals surface area contributed by atoms with Gasteiger partial charge in [-0.15, -0.1) is 0 Å². The van der Waals surface area contributed by atoms with E-state index in [1.165, 1.54) is 5.56 Å². The molecule has 32 heavy (non-hydrogen) atoms. The van der Waals surface area contributed by atoms with E-state index >= 15 is 0 Å². The van der Waals surface area contributed by atoms with E-state index in [-0.39, 0.29) is 0 Å². The van der Waals surface area contributed by atoms with E-state index in [2.05, 4.69) is 36.1 Å². The van der Waals surface area contributed by atoms with Gasteiger partial charge >= 0.3 is 0 Å². The first-order valence-electron chi connectivity index (χ1n) is 10.8.